The van der Waals surface area contributed by atoms with Crippen LogP contribution in [0.1, 0.15) is 45.6 Å². The zero-order chi connectivity index (χ0) is 21.2. The van der Waals surface area contributed by atoms with Crippen molar-refractivity contribution < 1.29 is 17.9 Å². The van der Waals surface area contributed by atoms with Crippen LogP contribution >= 0.6 is 0 Å². The molecule has 1 fully saturated rings. The van der Waals surface area contributed by atoms with Crippen LogP contribution in [0.15, 0.2) is 41.3 Å². The first kappa shape index (κ1) is 21.5. The van der Waals surface area contributed by atoms with Gasteiger partial charge in [-0.1, -0.05) is 29.8 Å². The summed E-state index contributed by atoms with van der Waals surface area (Å²) in [5, 5.41) is 2.99. The predicted octanol–water partition coefficient (Wildman–Crippen LogP) is 3.12. The molecule has 1 heterocycles. The highest BCUT2D eigenvalue weighted by Gasteiger charge is 2.28. The van der Waals surface area contributed by atoms with Gasteiger partial charge in [0.05, 0.1) is 24.2 Å². The van der Waals surface area contributed by atoms with E-state index < -0.39 is 10.0 Å². The molecule has 0 saturated carbocycles. The van der Waals surface area contributed by atoms with Crippen LogP contribution in [-0.4, -0.2) is 44.9 Å². The molecule has 3 rings (SSSR count). The first-order valence-electron chi connectivity index (χ1n) is 9.76. The molecule has 29 heavy (non-hydrogen) atoms. The average molecular weight is 417 g/mol. The summed E-state index contributed by atoms with van der Waals surface area (Å²) in [7, 11) is -3.67. The Kier molecular flexibility index (Phi) is 6.41. The van der Waals surface area contributed by atoms with E-state index in [4.69, 9.17) is 4.74 Å². The highest BCUT2D eigenvalue weighted by atomic mass is 32.2. The average Bonchev–Trinajstić information content (AvgIpc) is 2.70. The second-order valence-corrected chi connectivity index (χ2v) is 9.46. The first-order valence-corrected chi connectivity index (χ1v) is 11.2. The topological polar surface area (TPSA) is 75.7 Å². The molecule has 1 N–H and O–H groups in total. The summed E-state index contributed by atoms with van der Waals surface area (Å²) in [4.78, 5) is 13.0. The Morgan fingerprint density at radius 3 is 2.38 bits per heavy atom. The Labute approximate surface area is 172 Å². The number of ether oxygens (including phenoxy) is 1. The summed E-state index contributed by atoms with van der Waals surface area (Å²) >= 11 is 0. The predicted molar refractivity (Wildman–Crippen MR) is 113 cm³/mol. The maximum atomic E-state index is 13.0. The summed E-state index contributed by atoms with van der Waals surface area (Å²) in [6.07, 6.45) is 0. The second-order valence-electron chi connectivity index (χ2n) is 7.55. The number of sulfonamides is 1. The molecule has 1 amide bonds. The standard InChI is InChI=1S/C22H28N2O4S/c1-15-5-6-16(2)20(13-15)18(4)23-22(25)19-8-7-17(3)21(14-19)29(26,27)24-9-11-28-12-10-24/h5-8,13-14,18H,9-12H2,1-4H3,(H,23,25). The van der Waals surface area contributed by atoms with Gasteiger partial charge < -0.3 is 10.1 Å². The lowest BCUT2D eigenvalue weighted by molar-refractivity contribution is 0.0730. The molecule has 2 aromatic rings. The number of amides is 1. The van der Waals surface area contributed by atoms with Crippen LogP contribution in [0.25, 0.3) is 0 Å². The third-order valence-corrected chi connectivity index (χ3v) is 7.33. The van der Waals surface area contributed by atoms with E-state index in [1.807, 2.05) is 32.9 Å². The van der Waals surface area contributed by atoms with Gasteiger partial charge in [-0.3, -0.25) is 4.79 Å². The molecule has 6 nitrogen and oxygen atoms in total. The maximum Gasteiger partial charge on any atom is 0.251 e. The Morgan fingerprint density at radius 2 is 1.69 bits per heavy atom. The van der Waals surface area contributed by atoms with Gasteiger partial charge in [0.2, 0.25) is 10.0 Å². The number of nitrogens with one attached hydrogen (secondary N) is 1. The monoisotopic (exact) mass is 416 g/mol. The number of carbonyl (C=O) groups is 1. The van der Waals surface area contributed by atoms with Crippen molar-refractivity contribution in [2.75, 3.05) is 26.3 Å². The smallest absolute Gasteiger partial charge is 0.251 e. The van der Waals surface area contributed by atoms with Crippen LogP contribution in [0.4, 0.5) is 0 Å². The van der Waals surface area contributed by atoms with E-state index in [9.17, 15) is 13.2 Å². The summed E-state index contributed by atoms with van der Waals surface area (Å²) in [5.74, 6) is -0.295. The number of nitrogens with zero attached hydrogens (tertiary/aromatic N) is 1. The number of benzene rings is 2. The van der Waals surface area contributed by atoms with Gasteiger partial charge in [-0.15, -0.1) is 0 Å². The zero-order valence-corrected chi connectivity index (χ0v) is 18.2. The van der Waals surface area contributed by atoms with Gasteiger partial charge >= 0.3 is 0 Å². The molecule has 0 aliphatic carbocycles. The van der Waals surface area contributed by atoms with Gasteiger partial charge in [-0.05, 0) is 56.5 Å². The van der Waals surface area contributed by atoms with E-state index in [1.165, 1.54) is 10.4 Å². The quantitative estimate of drug-likeness (QED) is 0.813. The molecular weight excluding hydrogens is 388 g/mol. The van der Waals surface area contributed by atoms with Crippen molar-refractivity contribution in [3.05, 3.63) is 64.2 Å². The lowest BCUT2D eigenvalue weighted by Crippen LogP contribution is -2.41. The van der Waals surface area contributed by atoms with Crippen LogP contribution in [0.2, 0.25) is 0 Å². The molecule has 0 spiro atoms. The highest BCUT2D eigenvalue weighted by Crippen LogP contribution is 2.24. The Balaban J connectivity index is 1.85. The van der Waals surface area contributed by atoms with Crippen molar-refractivity contribution in [2.24, 2.45) is 0 Å². The number of aryl methyl sites for hydroxylation is 3. The van der Waals surface area contributed by atoms with Crippen molar-refractivity contribution in [1.82, 2.24) is 9.62 Å². The number of hydrogen-bond donors (Lipinski definition) is 1. The second kappa shape index (κ2) is 8.65. The van der Waals surface area contributed by atoms with Gasteiger partial charge in [-0.2, -0.15) is 4.31 Å². The summed E-state index contributed by atoms with van der Waals surface area (Å²) < 4.78 is 32.8. The van der Waals surface area contributed by atoms with Gasteiger partial charge in [0.15, 0.2) is 0 Å². The lowest BCUT2D eigenvalue weighted by Gasteiger charge is -2.27. The van der Waals surface area contributed by atoms with E-state index in [1.54, 1.807) is 19.1 Å². The van der Waals surface area contributed by atoms with E-state index in [0.717, 1.165) is 16.7 Å². The van der Waals surface area contributed by atoms with Crippen LogP contribution in [0.3, 0.4) is 0 Å². The Hall–Kier alpha value is -2.22. The molecule has 1 atom stereocenters. The molecule has 0 bridgehead atoms. The molecule has 2 aromatic carbocycles. The van der Waals surface area contributed by atoms with E-state index in [-0.39, 0.29) is 16.8 Å². The molecule has 1 saturated heterocycles. The number of hydrogen-bond acceptors (Lipinski definition) is 4. The van der Waals surface area contributed by atoms with Crippen LogP contribution in [0, 0.1) is 20.8 Å². The SMILES string of the molecule is Cc1ccc(C)c(C(C)NC(=O)c2ccc(C)c(S(=O)(=O)N3CCOCC3)c2)c1. The fraction of sp³-hybridized carbons (Fsp3) is 0.409. The maximum absolute atomic E-state index is 13.0. The van der Waals surface area contributed by atoms with Crippen molar-refractivity contribution in [3.63, 3.8) is 0 Å². The Bertz CT molecular complexity index is 1010. The number of morpholine rings is 1. The third-order valence-electron chi connectivity index (χ3n) is 5.29. The molecule has 1 unspecified atom stereocenters. The van der Waals surface area contributed by atoms with Crippen LogP contribution in [0.5, 0.6) is 0 Å². The summed E-state index contributed by atoms with van der Waals surface area (Å²) in [6, 6.07) is 10.8. The molecular formula is C22H28N2O4S. The third kappa shape index (κ3) is 4.69. The van der Waals surface area contributed by atoms with Crippen molar-refractivity contribution in [3.8, 4) is 0 Å². The van der Waals surface area contributed by atoms with Crippen molar-refractivity contribution in [1.29, 1.82) is 0 Å². The molecule has 156 valence electrons. The zero-order valence-electron chi connectivity index (χ0n) is 17.4. The molecule has 0 aromatic heterocycles. The fourth-order valence-corrected chi connectivity index (χ4v) is 5.19. The van der Waals surface area contributed by atoms with Gasteiger partial charge in [0, 0.05) is 18.7 Å². The molecule has 1 aliphatic rings. The number of carbonyl (C=O) groups excluding carboxylic acids is 1. The van der Waals surface area contributed by atoms with Crippen molar-refractivity contribution >= 4 is 15.9 Å². The van der Waals surface area contributed by atoms with E-state index in [0.29, 0.717) is 37.4 Å². The largest absolute Gasteiger partial charge is 0.379 e. The van der Waals surface area contributed by atoms with E-state index >= 15 is 0 Å². The van der Waals surface area contributed by atoms with Gasteiger partial charge in [0.25, 0.3) is 5.91 Å². The minimum atomic E-state index is -3.67. The Morgan fingerprint density at radius 1 is 1.03 bits per heavy atom. The molecule has 7 heteroatoms. The normalized spacial score (nSPS) is 16.4. The molecule has 1 aliphatic heterocycles. The highest BCUT2D eigenvalue weighted by molar-refractivity contribution is 7.89. The minimum absolute atomic E-state index is 0.173. The van der Waals surface area contributed by atoms with Crippen molar-refractivity contribution in [2.45, 2.75) is 38.6 Å². The lowest BCUT2D eigenvalue weighted by atomic mass is 9.99. The molecule has 0 radical (unpaired) electrons. The summed E-state index contributed by atoms with van der Waals surface area (Å²) in [6.45, 7) is 9.10. The first-order chi connectivity index (χ1) is 13.7. The van der Waals surface area contributed by atoms with Crippen LogP contribution < -0.4 is 5.32 Å². The minimum Gasteiger partial charge on any atom is -0.379 e. The van der Waals surface area contributed by atoms with Crippen LogP contribution in [-0.2, 0) is 14.8 Å². The number of rotatable bonds is 5. The fourth-order valence-electron chi connectivity index (χ4n) is 3.53. The summed E-state index contributed by atoms with van der Waals surface area (Å²) in [5.41, 5.74) is 4.23. The van der Waals surface area contributed by atoms with Gasteiger partial charge in [-0.25, -0.2) is 8.42 Å². The van der Waals surface area contributed by atoms with E-state index in [2.05, 4.69) is 11.4 Å². The van der Waals surface area contributed by atoms with Gasteiger partial charge in [0.1, 0.15) is 0 Å².